The number of rotatable bonds is 6. The van der Waals surface area contributed by atoms with Crippen LogP contribution in [-0.2, 0) is 4.79 Å². The number of nitrogens with one attached hydrogen (secondary N) is 2. The van der Waals surface area contributed by atoms with E-state index in [0.29, 0.717) is 31.1 Å². The van der Waals surface area contributed by atoms with Crippen LogP contribution in [0, 0.1) is 17.2 Å². The van der Waals surface area contributed by atoms with Crippen molar-refractivity contribution in [1.82, 2.24) is 4.90 Å². The number of nitrogens with zero attached hydrogens (tertiary/aromatic N) is 2. The Morgan fingerprint density at radius 2 is 1.61 bits per heavy atom. The SMILES string of the molecule is CC(CC(=O)N1CCN(c2ccc(NC(=O)Nc3ccccc3F)cc2)CC1)CC(C)(C)C. The minimum Gasteiger partial charge on any atom is -0.368 e. The Hall–Kier alpha value is -3.09. The Kier molecular flexibility index (Phi) is 7.95. The second kappa shape index (κ2) is 10.7. The van der Waals surface area contributed by atoms with Crippen LogP contribution in [0.5, 0.6) is 0 Å². The minimum absolute atomic E-state index is 0.131. The maximum absolute atomic E-state index is 13.7. The first-order valence-electron chi connectivity index (χ1n) is 11.6. The van der Waals surface area contributed by atoms with Crippen molar-refractivity contribution in [1.29, 1.82) is 0 Å². The van der Waals surface area contributed by atoms with Crippen LogP contribution in [0.15, 0.2) is 48.5 Å². The number of benzene rings is 2. The highest BCUT2D eigenvalue weighted by atomic mass is 19.1. The zero-order valence-electron chi connectivity index (χ0n) is 20.0. The first kappa shape index (κ1) is 24.6. The molecule has 0 bridgehead atoms. The summed E-state index contributed by atoms with van der Waals surface area (Å²) in [5.41, 5.74) is 2.03. The number of hydrogen-bond donors (Lipinski definition) is 2. The zero-order valence-corrected chi connectivity index (χ0v) is 20.0. The lowest BCUT2D eigenvalue weighted by atomic mass is 9.84. The van der Waals surface area contributed by atoms with Gasteiger partial charge in [0.1, 0.15) is 5.82 Å². The summed E-state index contributed by atoms with van der Waals surface area (Å²) in [5.74, 6) is 0.141. The number of hydrogen-bond acceptors (Lipinski definition) is 3. The molecule has 2 N–H and O–H groups in total. The van der Waals surface area contributed by atoms with Crippen LogP contribution in [0.4, 0.5) is 26.2 Å². The number of halogens is 1. The van der Waals surface area contributed by atoms with Crippen molar-refractivity contribution in [3.63, 3.8) is 0 Å². The fourth-order valence-corrected chi connectivity index (χ4v) is 4.36. The van der Waals surface area contributed by atoms with Gasteiger partial charge in [0.2, 0.25) is 5.91 Å². The third-order valence-electron chi connectivity index (χ3n) is 5.73. The predicted molar refractivity (Wildman–Crippen MR) is 132 cm³/mol. The molecule has 178 valence electrons. The minimum atomic E-state index is -0.499. The number of para-hydroxylation sites is 1. The average molecular weight is 455 g/mol. The third-order valence-corrected chi connectivity index (χ3v) is 5.73. The number of amides is 3. The molecule has 1 aliphatic heterocycles. The van der Waals surface area contributed by atoms with E-state index < -0.39 is 11.8 Å². The number of carbonyl (C=O) groups excluding carboxylic acids is 2. The van der Waals surface area contributed by atoms with Crippen molar-refractivity contribution in [3.8, 4) is 0 Å². The van der Waals surface area contributed by atoms with E-state index in [1.54, 1.807) is 12.1 Å². The molecule has 0 spiro atoms. The van der Waals surface area contributed by atoms with Gasteiger partial charge in [-0.3, -0.25) is 4.79 Å². The highest BCUT2D eigenvalue weighted by Gasteiger charge is 2.24. The molecule has 1 fully saturated rings. The van der Waals surface area contributed by atoms with E-state index in [4.69, 9.17) is 0 Å². The van der Waals surface area contributed by atoms with Crippen molar-refractivity contribution in [3.05, 3.63) is 54.3 Å². The molecule has 1 atom stereocenters. The molecule has 0 saturated carbocycles. The highest BCUT2D eigenvalue weighted by Crippen LogP contribution is 2.27. The number of urea groups is 1. The number of carbonyl (C=O) groups is 2. The maximum atomic E-state index is 13.7. The quantitative estimate of drug-likeness (QED) is 0.599. The van der Waals surface area contributed by atoms with E-state index in [9.17, 15) is 14.0 Å². The van der Waals surface area contributed by atoms with Crippen LogP contribution in [0.25, 0.3) is 0 Å². The molecule has 1 aliphatic rings. The Morgan fingerprint density at radius 3 is 2.21 bits per heavy atom. The van der Waals surface area contributed by atoms with Gasteiger partial charge < -0.3 is 20.4 Å². The summed E-state index contributed by atoms with van der Waals surface area (Å²) in [7, 11) is 0. The molecule has 7 heteroatoms. The summed E-state index contributed by atoms with van der Waals surface area (Å²) in [6, 6.07) is 13.1. The van der Waals surface area contributed by atoms with Gasteiger partial charge in [0.25, 0.3) is 0 Å². The van der Waals surface area contributed by atoms with Gasteiger partial charge in [0, 0.05) is 44.0 Å². The van der Waals surface area contributed by atoms with Crippen LogP contribution in [0.3, 0.4) is 0 Å². The Bertz CT molecular complexity index is 948. The second-order valence-electron chi connectivity index (χ2n) is 10.0. The molecule has 2 aromatic rings. The summed E-state index contributed by atoms with van der Waals surface area (Å²) in [5, 5.41) is 5.22. The molecule has 1 saturated heterocycles. The number of anilines is 3. The molecular formula is C26H35FN4O2. The van der Waals surface area contributed by atoms with Crippen LogP contribution in [-0.4, -0.2) is 43.0 Å². The van der Waals surface area contributed by atoms with Crippen LogP contribution in [0.2, 0.25) is 0 Å². The molecule has 0 aliphatic carbocycles. The Labute approximate surface area is 196 Å². The van der Waals surface area contributed by atoms with Gasteiger partial charge in [-0.05, 0) is 54.2 Å². The molecule has 33 heavy (non-hydrogen) atoms. The third kappa shape index (κ3) is 7.48. The van der Waals surface area contributed by atoms with Crippen molar-refractivity contribution in [2.45, 2.75) is 40.5 Å². The molecule has 1 unspecified atom stereocenters. The maximum Gasteiger partial charge on any atom is 0.323 e. The first-order valence-corrected chi connectivity index (χ1v) is 11.6. The standard InChI is InChI=1S/C26H35FN4O2/c1-19(18-26(2,3)4)17-24(32)31-15-13-30(14-16-31)21-11-9-20(10-12-21)28-25(33)29-23-8-6-5-7-22(23)27/h5-12,19H,13-18H2,1-4H3,(H2,28,29,33). The van der Waals surface area contributed by atoms with Crippen molar-refractivity contribution in [2.24, 2.45) is 11.3 Å². The van der Waals surface area contributed by atoms with Gasteiger partial charge in [-0.2, -0.15) is 0 Å². The largest absolute Gasteiger partial charge is 0.368 e. The average Bonchev–Trinajstić information content (AvgIpc) is 2.74. The summed E-state index contributed by atoms with van der Waals surface area (Å²) >= 11 is 0. The van der Waals surface area contributed by atoms with E-state index >= 15 is 0 Å². The van der Waals surface area contributed by atoms with Gasteiger partial charge in [-0.25, -0.2) is 9.18 Å². The Morgan fingerprint density at radius 1 is 0.970 bits per heavy atom. The lowest BCUT2D eigenvalue weighted by Gasteiger charge is -2.37. The van der Waals surface area contributed by atoms with E-state index in [0.717, 1.165) is 25.2 Å². The smallest absolute Gasteiger partial charge is 0.323 e. The first-order chi connectivity index (χ1) is 15.6. The topological polar surface area (TPSA) is 64.7 Å². The van der Waals surface area contributed by atoms with Crippen molar-refractivity contribution in [2.75, 3.05) is 41.7 Å². The van der Waals surface area contributed by atoms with E-state index in [1.807, 2.05) is 29.2 Å². The predicted octanol–water partition coefficient (Wildman–Crippen LogP) is 5.58. The van der Waals surface area contributed by atoms with E-state index in [-0.39, 0.29) is 17.0 Å². The van der Waals surface area contributed by atoms with Gasteiger partial charge in [-0.15, -0.1) is 0 Å². The van der Waals surface area contributed by atoms with Crippen LogP contribution >= 0.6 is 0 Å². The fraction of sp³-hybridized carbons (Fsp3) is 0.462. The second-order valence-corrected chi connectivity index (χ2v) is 10.0. The summed E-state index contributed by atoms with van der Waals surface area (Å²) in [4.78, 5) is 29.0. The van der Waals surface area contributed by atoms with Crippen molar-refractivity contribution >= 4 is 29.0 Å². The number of piperazine rings is 1. The molecule has 3 amide bonds. The highest BCUT2D eigenvalue weighted by molar-refractivity contribution is 5.99. The van der Waals surface area contributed by atoms with E-state index in [2.05, 4.69) is 43.2 Å². The normalized spacial score (nSPS) is 15.2. The summed E-state index contributed by atoms with van der Waals surface area (Å²) < 4.78 is 13.7. The lowest BCUT2D eigenvalue weighted by Crippen LogP contribution is -2.49. The Balaban J connectivity index is 1.46. The van der Waals surface area contributed by atoms with Gasteiger partial charge in [0.15, 0.2) is 0 Å². The van der Waals surface area contributed by atoms with Crippen LogP contribution in [0.1, 0.15) is 40.5 Å². The molecule has 3 rings (SSSR count). The van der Waals surface area contributed by atoms with Gasteiger partial charge >= 0.3 is 6.03 Å². The molecule has 2 aromatic carbocycles. The van der Waals surface area contributed by atoms with E-state index in [1.165, 1.54) is 12.1 Å². The molecule has 0 aromatic heterocycles. The zero-order chi connectivity index (χ0) is 24.0. The van der Waals surface area contributed by atoms with Crippen molar-refractivity contribution < 1.29 is 14.0 Å². The molecule has 6 nitrogen and oxygen atoms in total. The molecule has 1 heterocycles. The summed E-state index contributed by atoms with van der Waals surface area (Å²) in [6.07, 6.45) is 1.64. The fourth-order valence-electron chi connectivity index (χ4n) is 4.36. The monoisotopic (exact) mass is 454 g/mol. The molecular weight excluding hydrogens is 419 g/mol. The summed E-state index contributed by atoms with van der Waals surface area (Å²) in [6.45, 7) is 11.8. The van der Waals surface area contributed by atoms with Gasteiger partial charge in [0.05, 0.1) is 5.69 Å². The molecule has 0 radical (unpaired) electrons. The van der Waals surface area contributed by atoms with Gasteiger partial charge in [-0.1, -0.05) is 39.8 Å². The lowest BCUT2D eigenvalue weighted by molar-refractivity contribution is -0.132. The van der Waals surface area contributed by atoms with Crippen LogP contribution < -0.4 is 15.5 Å².